The first-order valence-electron chi connectivity index (χ1n) is 3.08. The summed E-state index contributed by atoms with van der Waals surface area (Å²) in [7, 11) is 0. The molecule has 2 nitrogen and oxygen atoms in total. The highest BCUT2D eigenvalue weighted by Crippen LogP contribution is 2.20. The summed E-state index contributed by atoms with van der Waals surface area (Å²) in [6, 6.07) is 0. The molecule has 3 heteroatoms. The van der Waals surface area contributed by atoms with Gasteiger partial charge in [-0.3, -0.25) is 0 Å². The standard InChI is InChI=1S/C6H13NO.ClH/c1-5(2)6(8)3-7-4-6;/h5,7-8H,3-4H2,1-2H3;1H. The molecule has 56 valence electrons. The molecule has 9 heavy (non-hydrogen) atoms. The first-order valence-corrected chi connectivity index (χ1v) is 3.08. The van der Waals surface area contributed by atoms with E-state index in [-0.39, 0.29) is 18.0 Å². The van der Waals surface area contributed by atoms with Gasteiger partial charge in [-0.15, -0.1) is 12.4 Å². The number of aliphatic hydroxyl groups is 1. The summed E-state index contributed by atoms with van der Waals surface area (Å²) in [5.41, 5.74) is -0.389. The zero-order chi connectivity index (χ0) is 6.20. The van der Waals surface area contributed by atoms with E-state index in [2.05, 4.69) is 5.32 Å². The van der Waals surface area contributed by atoms with Crippen molar-refractivity contribution in [1.82, 2.24) is 5.32 Å². The summed E-state index contributed by atoms with van der Waals surface area (Å²) in [6.45, 7) is 5.62. The fourth-order valence-electron chi connectivity index (χ4n) is 0.789. The molecular weight excluding hydrogens is 138 g/mol. The number of nitrogens with one attached hydrogen (secondary N) is 1. The fourth-order valence-corrected chi connectivity index (χ4v) is 0.789. The minimum absolute atomic E-state index is 0. The van der Waals surface area contributed by atoms with Gasteiger partial charge in [0.2, 0.25) is 0 Å². The molecule has 0 atom stereocenters. The summed E-state index contributed by atoms with van der Waals surface area (Å²) in [5, 5.41) is 12.5. The molecule has 0 amide bonds. The van der Waals surface area contributed by atoms with Crippen molar-refractivity contribution in [2.75, 3.05) is 13.1 Å². The summed E-state index contributed by atoms with van der Waals surface area (Å²) in [5.74, 6) is 0.392. The van der Waals surface area contributed by atoms with Crippen molar-refractivity contribution < 1.29 is 5.11 Å². The molecule has 0 aliphatic carbocycles. The maximum Gasteiger partial charge on any atom is 0.0917 e. The molecule has 1 saturated heterocycles. The number of β-amino-alcohol motifs (C(OH)–C–C–N with tert-alkyl or cyclic N) is 1. The van der Waals surface area contributed by atoms with Gasteiger partial charge in [-0.05, 0) is 5.92 Å². The van der Waals surface area contributed by atoms with Gasteiger partial charge in [-0.2, -0.15) is 0 Å². The minimum atomic E-state index is -0.389. The van der Waals surface area contributed by atoms with Crippen LogP contribution in [-0.4, -0.2) is 23.8 Å². The fraction of sp³-hybridized carbons (Fsp3) is 1.00. The van der Waals surface area contributed by atoms with Crippen molar-refractivity contribution in [3.8, 4) is 0 Å². The van der Waals surface area contributed by atoms with Crippen molar-refractivity contribution >= 4 is 12.4 Å². The molecule has 0 aromatic carbocycles. The smallest absolute Gasteiger partial charge is 0.0917 e. The van der Waals surface area contributed by atoms with E-state index in [1.807, 2.05) is 13.8 Å². The van der Waals surface area contributed by atoms with Crippen LogP contribution in [0.5, 0.6) is 0 Å². The Morgan fingerprint density at radius 2 is 1.89 bits per heavy atom. The molecular formula is C6H14ClNO. The Hall–Kier alpha value is 0.210. The lowest BCUT2D eigenvalue weighted by molar-refractivity contribution is -0.0495. The number of rotatable bonds is 1. The second-order valence-electron chi connectivity index (χ2n) is 2.86. The van der Waals surface area contributed by atoms with Crippen LogP contribution in [0.4, 0.5) is 0 Å². The van der Waals surface area contributed by atoms with Crippen molar-refractivity contribution in [2.24, 2.45) is 5.92 Å². The summed E-state index contributed by atoms with van der Waals surface area (Å²) in [6.07, 6.45) is 0. The first-order chi connectivity index (χ1) is 3.65. The lowest BCUT2D eigenvalue weighted by Crippen LogP contribution is -2.62. The molecule has 0 unspecified atom stereocenters. The largest absolute Gasteiger partial charge is 0.387 e. The predicted octanol–water partition coefficient (Wildman–Crippen LogP) is 0.399. The van der Waals surface area contributed by atoms with E-state index in [4.69, 9.17) is 0 Å². The Morgan fingerprint density at radius 3 is 1.89 bits per heavy atom. The molecule has 1 fully saturated rings. The van der Waals surface area contributed by atoms with Gasteiger partial charge in [0.1, 0.15) is 0 Å². The molecule has 0 saturated carbocycles. The van der Waals surface area contributed by atoms with E-state index < -0.39 is 0 Å². The molecule has 0 spiro atoms. The molecule has 0 aromatic heterocycles. The van der Waals surface area contributed by atoms with Gasteiger partial charge in [0.15, 0.2) is 0 Å². The van der Waals surface area contributed by atoms with E-state index in [9.17, 15) is 5.11 Å². The summed E-state index contributed by atoms with van der Waals surface area (Å²) >= 11 is 0. The molecule has 0 bridgehead atoms. The highest BCUT2D eigenvalue weighted by atomic mass is 35.5. The SMILES string of the molecule is CC(C)C1(O)CNC1.Cl. The van der Waals surface area contributed by atoms with Crippen molar-refractivity contribution in [3.63, 3.8) is 0 Å². The van der Waals surface area contributed by atoms with Gasteiger partial charge in [0.25, 0.3) is 0 Å². The summed E-state index contributed by atoms with van der Waals surface area (Å²) in [4.78, 5) is 0. The Bertz CT molecular complexity index is 91.1. The molecule has 2 N–H and O–H groups in total. The van der Waals surface area contributed by atoms with Crippen LogP contribution in [0.2, 0.25) is 0 Å². The molecule has 1 heterocycles. The van der Waals surface area contributed by atoms with Gasteiger partial charge in [-0.25, -0.2) is 0 Å². The first kappa shape index (κ1) is 9.21. The van der Waals surface area contributed by atoms with Crippen LogP contribution in [0.15, 0.2) is 0 Å². The van der Waals surface area contributed by atoms with Crippen LogP contribution in [0, 0.1) is 5.92 Å². The molecule has 1 rings (SSSR count). The normalized spacial score (nSPS) is 22.7. The monoisotopic (exact) mass is 151 g/mol. The average Bonchev–Trinajstić information content (AvgIpc) is 1.60. The van der Waals surface area contributed by atoms with Crippen LogP contribution >= 0.6 is 12.4 Å². The third kappa shape index (κ3) is 1.57. The second kappa shape index (κ2) is 2.86. The van der Waals surface area contributed by atoms with E-state index >= 15 is 0 Å². The number of hydrogen-bond acceptors (Lipinski definition) is 2. The van der Waals surface area contributed by atoms with Crippen LogP contribution in [0.3, 0.4) is 0 Å². The third-order valence-electron chi connectivity index (χ3n) is 1.94. The highest BCUT2D eigenvalue weighted by Gasteiger charge is 2.36. The van der Waals surface area contributed by atoms with Crippen LogP contribution in [0.1, 0.15) is 13.8 Å². The van der Waals surface area contributed by atoms with E-state index in [0.717, 1.165) is 13.1 Å². The van der Waals surface area contributed by atoms with Gasteiger partial charge in [0.05, 0.1) is 5.60 Å². The maximum absolute atomic E-state index is 9.42. The van der Waals surface area contributed by atoms with Crippen LogP contribution in [-0.2, 0) is 0 Å². The Kier molecular flexibility index (Phi) is 2.93. The average molecular weight is 152 g/mol. The lowest BCUT2D eigenvalue weighted by Gasteiger charge is -2.41. The van der Waals surface area contributed by atoms with E-state index in [1.54, 1.807) is 0 Å². The molecule has 0 aromatic rings. The van der Waals surface area contributed by atoms with Gasteiger partial charge < -0.3 is 10.4 Å². The van der Waals surface area contributed by atoms with Gasteiger partial charge in [0, 0.05) is 13.1 Å². The Balaban J connectivity index is 0.000000640. The topological polar surface area (TPSA) is 32.3 Å². The predicted molar refractivity (Wildman–Crippen MR) is 39.9 cm³/mol. The van der Waals surface area contributed by atoms with E-state index in [1.165, 1.54) is 0 Å². The Morgan fingerprint density at radius 1 is 1.44 bits per heavy atom. The van der Waals surface area contributed by atoms with Crippen molar-refractivity contribution in [1.29, 1.82) is 0 Å². The maximum atomic E-state index is 9.42. The minimum Gasteiger partial charge on any atom is -0.387 e. The van der Waals surface area contributed by atoms with Gasteiger partial charge >= 0.3 is 0 Å². The quantitative estimate of drug-likeness (QED) is 0.569. The number of halogens is 1. The van der Waals surface area contributed by atoms with Crippen LogP contribution in [0.25, 0.3) is 0 Å². The second-order valence-corrected chi connectivity index (χ2v) is 2.86. The zero-order valence-electron chi connectivity index (χ0n) is 5.85. The van der Waals surface area contributed by atoms with E-state index in [0.29, 0.717) is 5.92 Å². The van der Waals surface area contributed by atoms with Crippen LogP contribution < -0.4 is 5.32 Å². The van der Waals surface area contributed by atoms with Crippen molar-refractivity contribution in [3.05, 3.63) is 0 Å². The molecule has 1 aliphatic rings. The zero-order valence-corrected chi connectivity index (χ0v) is 6.66. The highest BCUT2D eigenvalue weighted by molar-refractivity contribution is 5.85. The summed E-state index contributed by atoms with van der Waals surface area (Å²) < 4.78 is 0. The lowest BCUT2D eigenvalue weighted by atomic mass is 9.85. The Labute approximate surface area is 62.1 Å². The van der Waals surface area contributed by atoms with Crippen molar-refractivity contribution in [2.45, 2.75) is 19.4 Å². The van der Waals surface area contributed by atoms with Gasteiger partial charge in [-0.1, -0.05) is 13.8 Å². The number of hydrogen-bond donors (Lipinski definition) is 2. The third-order valence-corrected chi connectivity index (χ3v) is 1.94. The molecule has 0 radical (unpaired) electrons. The molecule has 1 aliphatic heterocycles.